The van der Waals surface area contributed by atoms with Crippen molar-refractivity contribution in [3.05, 3.63) is 41.9 Å². The average Bonchev–Trinajstić information content (AvgIpc) is 2.83. The van der Waals surface area contributed by atoms with Crippen LogP contribution >= 0.6 is 11.6 Å². The van der Waals surface area contributed by atoms with Crippen molar-refractivity contribution in [2.45, 2.75) is 19.6 Å². The molecule has 7 heteroatoms. The third-order valence-electron chi connectivity index (χ3n) is 2.96. The van der Waals surface area contributed by atoms with Crippen LogP contribution in [0.5, 0.6) is 0 Å². The van der Waals surface area contributed by atoms with Gasteiger partial charge in [0.05, 0.1) is 40.9 Å². The Morgan fingerprint density at radius 2 is 2.05 bits per heavy atom. The van der Waals surface area contributed by atoms with E-state index < -0.39 is 6.10 Å². The molecule has 2 N–H and O–H groups in total. The molecule has 21 heavy (non-hydrogen) atoms. The molecule has 1 unspecified atom stereocenters. The van der Waals surface area contributed by atoms with Crippen LogP contribution in [0.1, 0.15) is 6.92 Å². The van der Waals surface area contributed by atoms with Gasteiger partial charge in [-0.25, -0.2) is 15.0 Å². The van der Waals surface area contributed by atoms with Crippen molar-refractivity contribution in [3.63, 3.8) is 0 Å². The molecule has 0 fully saturated rings. The van der Waals surface area contributed by atoms with E-state index in [1.807, 2.05) is 22.8 Å². The van der Waals surface area contributed by atoms with Crippen LogP contribution in [0.2, 0.25) is 5.02 Å². The Hall–Kier alpha value is -2.18. The Morgan fingerprint density at radius 3 is 2.76 bits per heavy atom. The van der Waals surface area contributed by atoms with E-state index in [0.29, 0.717) is 17.5 Å². The van der Waals surface area contributed by atoms with Gasteiger partial charge in [-0.1, -0.05) is 11.6 Å². The lowest BCUT2D eigenvalue weighted by molar-refractivity contribution is 0.175. The summed E-state index contributed by atoms with van der Waals surface area (Å²) < 4.78 is 1.92. The van der Waals surface area contributed by atoms with Crippen LogP contribution < -0.4 is 5.32 Å². The van der Waals surface area contributed by atoms with Gasteiger partial charge in [-0.15, -0.1) is 0 Å². The molecule has 3 rings (SSSR count). The molecule has 0 aliphatic heterocycles. The average molecular weight is 304 g/mol. The van der Waals surface area contributed by atoms with Gasteiger partial charge in [0.2, 0.25) is 5.95 Å². The first-order chi connectivity index (χ1) is 10.1. The number of aromatic nitrogens is 4. The minimum atomic E-state index is -0.414. The van der Waals surface area contributed by atoms with Crippen LogP contribution in [0.4, 0.5) is 11.6 Å². The zero-order valence-corrected chi connectivity index (χ0v) is 12.1. The standard InChI is InChI=1S/C14H14ClN5O/c1-9(21)7-20-8-18-12-4-11(2-3-13(12)20)19-14-16-5-10(15)6-17-14/h2-6,8-9,21H,7H2,1H3,(H,16,17,19). The highest BCUT2D eigenvalue weighted by Gasteiger charge is 2.06. The van der Waals surface area contributed by atoms with Crippen molar-refractivity contribution in [3.8, 4) is 0 Å². The predicted molar refractivity (Wildman–Crippen MR) is 81.7 cm³/mol. The topological polar surface area (TPSA) is 75.9 Å². The molecule has 0 aliphatic carbocycles. The molecule has 2 heterocycles. The lowest BCUT2D eigenvalue weighted by atomic mass is 10.2. The van der Waals surface area contributed by atoms with Crippen molar-refractivity contribution in [2.24, 2.45) is 0 Å². The number of nitrogens with zero attached hydrogens (tertiary/aromatic N) is 4. The number of fused-ring (bicyclic) bond motifs is 1. The number of benzene rings is 1. The fourth-order valence-electron chi connectivity index (χ4n) is 2.08. The van der Waals surface area contributed by atoms with Crippen molar-refractivity contribution in [1.29, 1.82) is 0 Å². The van der Waals surface area contributed by atoms with Gasteiger partial charge in [0, 0.05) is 12.2 Å². The fourth-order valence-corrected chi connectivity index (χ4v) is 2.18. The Morgan fingerprint density at radius 1 is 1.29 bits per heavy atom. The molecule has 6 nitrogen and oxygen atoms in total. The fraction of sp³-hybridized carbons (Fsp3) is 0.214. The molecule has 2 aromatic heterocycles. The van der Waals surface area contributed by atoms with Crippen LogP contribution in [-0.4, -0.2) is 30.7 Å². The van der Waals surface area contributed by atoms with Gasteiger partial charge in [0.1, 0.15) is 0 Å². The summed E-state index contributed by atoms with van der Waals surface area (Å²) in [5.74, 6) is 0.474. The first kappa shape index (κ1) is 13.8. The van der Waals surface area contributed by atoms with Crippen molar-refractivity contribution in [1.82, 2.24) is 19.5 Å². The maximum atomic E-state index is 9.47. The smallest absolute Gasteiger partial charge is 0.227 e. The van der Waals surface area contributed by atoms with Gasteiger partial charge >= 0.3 is 0 Å². The third-order valence-corrected chi connectivity index (χ3v) is 3.15. The predicted octanol–water partition coefficient (Wildman–Crippen LogP) is 2.60. The minimum absolute atomic E-state index is 0.414. The molecule has 0 saturated carbocycles. The van der Waals surface area contributed by atoms with Crippen LogP contribution in [0, 0.1) is 0 Å². The summed E-state index contributed by atoms with van der Waals surface area (Å²) in [4.78, 5) is 12.5. The normalized spacial score (nSPS) is 12.5. The minimum Gasteiger partial charge on any atom is -0.392 e. The quantitative estimate of drug-likeness (QED) is 0.775. The molecule has 108 valence electrons. The Bertz CT molecular complexity index is 754. The zero-order chi connectivity index (χ0) is 14.8. The highest BCUT2D eigenvalue weighted by Crippen LogP contribution is 2.20. The van der Waals surface area contributed by atoms with Crippen LogP contribution in [0.15, 0.2) is 36.9 Å². The summed E-state index contributed by atoms with van der Waals surface area (Å²) in [6, 6.07) is 5.77. The molecule has 1 aromatic carbocycles. The molecule has 3 aromatic rings. The molecular formula is C14H14ClN5O. The van der Waals surface area contributed by atoms with E-state index in [1.165, 1.54) is 12.4 Å². The monoisotopic (exact) mass is 303 g/mol. The second kappa shape index (κ2) is 5.67. The maximum absolute atomic E-state index is 9.47. The molecular weight excluding hydrogens is 290 g/mol. The van der Waals surface area contributed by atoms with Gasteiger partial charge in [0.25, 0.3) is 0 Å². The van der Waals surface area contributed by atoms with Crippen molar-refractivity contribution < 1.29 is 5.11 Å². The number of nitrogens with one attached hydrogen (secondary N) is 1. The van der Waals surface area contributed by atoms with Crippen LogP contribution in [0.25, 0.3) is 11.0 Å². The second-order valence-electron chi connectivity index (χ2n) is 4.80. The van der Waals surface area contributed by atoms with Gasteiger partial charge < -0.3 is 15.0 Å². The van der Waals surface area contributed by atoms with E-state index in [9.17, 15) is 5.11 Å². The SMILES string of the molecule is CC(O)Cn1cnc2cc(Nc3ncc(Cl)cn3)ccc21. The van der Waals surface area contributed by atoms with Crippen LogP contribution in [-0.2, 0) is 6.54 Å². The summed E-state index contributed by atoms with van der Waals surface area (Å²) in [7, 11) is 0. The number of halogens is 1. The van der Waals surface area contributed by atoms with Crippen LogP contribution in [0.3, 0.4) is 0 Å². The van der Waals surface area contributed by atoms with Crippen molar-refractivity contribution in [2.75, 3.05) is 5.32 Å². The number of hydrogen-bond acceptors (Lipinski definition) is 5. The van der Waals surface area contributed by atoms with Gasteiger partial charge in [-0.05, 0) is 25.1 Å². The van der Waals surface area contributed by atoms with Gasteiger partial charge in [0.15, 0.2) is 0 Å². The lowest BCUT2D eigenvalue weighted by Crippen LogP contribution is -2.10. The molecule has 1 atom stereocenters. The first-order valence-electron chi connectivity index (χ1n) is 6.49. The van der Waals surface area contributed by atoms with E-state index in [2.05, 4.69) is 20.3 Å². The molecule has 0 aliphatic rings. The number of hydrogen-bond donors (Lipinski definition) is 2. The largest absolute Gasteiger partial charge is 0.392 e. The zero-order valence-electron chi connectivity index (χ0n) is 11.4. The summed E-state index contributed by atoms with van der Waals surface area (Å²) in [6.07, 6.45) is 4.38. The number of aliphatic hydroxyl groups is 1. The number of imidazole rings is 1. The molecule has 0 spiro atoms. The van der Waals surface area contributed by atoms with Crippen molar-refractivity contribution >= 4 is 34.3 Å². The van der Waals surface area contributed by atoms with Gasteiger partial charge in [-0.3, -0.25) is 0 Å². The summed E-state index contributed by atoms with van der Waals surface area (Å²) in [6.45, 7) is 2.27. The molecule has 0 amide bonds. The van der Waals surface area contributed by atoms with E-state index in [-0.39, 0.29) is 0 Å². The number of aliphatic hydroxyl groups excluding tert-OH is 1. The maximum Gasteiger partial charge on any atom is 0.227 e. The summed E-state index contributed by atoms with van der Waals surface area (Å²) >= 11 is 5.75. The summed E-state index contributed by atoms with van der Waals surface area (Å²) in [5, 5.41) is 13.1. The second-order valence-corrected chi connectivity index (χ2v) is 5.24. The van der Waals surface area contributed by atoms with E-state index in [1.54, 1.807) is 13.3 Å². The van der Waals surface area contributed by atoms with E-state index in [0.717, 1.165) is 16.7 Å². The Labute approximate surface area is 126 Å². The molecule has 0 saturated heterocycles. The number of rotatable bonds is 4. The lowest BCUT2D eigenvalue weighted by Gasteiger charge is -2.07. The summed E-state index contributed by atoms with van der Waals surface area (Å²) in [5.41, 5.74) is 2.65. The Kier molecular flexibility index (Phi) is 3.72. The highest BCUT2D eigenvalue weighted by molar-refractivity contribution is 6.30. The van der Waals surface area contributed by atoms with E-state index in [4.69, 9.17) is 11.6 Å². The molecule has 0 bridgehead atoms. The first-order valence-corrected chi connectivity index (χ1v) is 6.87. The molecule has 0 radical (unpaired) electrons. The number of anilines is 2. The van der Waals surface area contributed by atoms with Gasteiger partial charge in [-0.2, -0.15) is 0 Å². The Balaban J connectivity index is 1.86. The van der Waals surface area contributed by atoms with E-state index >= 15 is 0 Å². The highest BCUT2D eigenvalue weighted by atomic mass is 35.5. The third kappa shape index (κ3) is 3.12.